The topological polar surface area (TPSA) is 46.6 Å². The lowest BCUT2D eigenvalue weighted by molar-refractivity contribution is -0.121. The zero-order valence-corrected chi connectivity index (χ0v) is 13.4. The molecule has 0 atom stereocenters. The first-order valence-corrected chi connectivity index (χ1v) is 7.76. The number of rotatable bonds is 3. The van der Waals surface area contributed by atoms with Crippen molar-refractivity contribution >= 4 is 33.5 Å². The number of hydrogen-bond acceptors (Lipinski definition) is 3. The highest BCUT2D eigenvalue weighted by Crippen LogP contribution is 2.27. The van der Waals surface area contributed by atoms with Gasteiger partial charge in [0.15, 0.2) is 6.61 Å². The molecule has 0 radical (unpaired) electrons. The molecule has 5 heteroatoms. The Hall–Kier alpha value is -2.14. The molecule has 1 heterocycles. The summed E-state index contributed by atoms with van der Waals surface area (Å²) in [5.41, 5.74) is 2.47. The van der Waals surface area contributed by atoms with Crippen molar-refractivity contribution in [3.63, 3.8) is 0 Å². The van der Waals surface area contributed by atoms with Crippen LogP contribution in [0, 0.1) is 0 Å². The van der Waals surface area contributed by atoms with E-state index in [9.17, 15) is 9.59 Å². The van der Waals surface area contributed by atoms with E-state index < -0.39 is 5.97 Å². The van der Waals surface area contributed by atoms with E-state index in [2.05, 4.69) is 15.9 Å². The van der Waals surface area contributed by atoms with Crippen molar-refractivity contribution in [2.24, 2.45) is 0 Å². The summed E-state index contributed by atoms with van der Waals surface area (Å²) in [6, 6.07) is 14.8. The molecule has 1 aliphatic rings. The highest BCUT2D eigenvalue weighted by Gasteiger charge is 2.25. The zero-order chi connectivity index (χ0) is 15.5. The second kappa shape index (κ2) is 6.32. The third-order valence-electron chi connectivity index (χ3n) is 3.61. The maximum absolute atomic E-state index is 12.3. The van der Waals surface area contributed by atoms with E-state index in [1.165, 1.54) is 0 Å². The van der Waals surface area contributed by atoms with Gasteiger partial charge in [-0.2, -0.15) is 0 Å². The van der Waals surface area contributed by atoms with Crippen LogP contribution in [0.3, 0.4) is 0 Å². The number of esters is 1. The number of benzene rings is 2. The van der Waals surface area contributed by atoms with Crippen molar-refractivity contribution in [2.75, 3.05) is 18.1 Å². The molecule has 2 aromatic carbocycles. The molecule has 22 heavy (non-hydrogen) atoms. The van der Waals surface area contributed by atoms with Gasteiger partial charge in [0.25, 0.3) is 5.91 Å². The molecule has 1 amide bonds. The van der Waals surface area contributed by atoms with E-state index in [1.807, 2.05) is 30.3 Å². The maximum atomic E-state index is 12.3. The predicted molar refractivity (Wildman–Crippen MR) is 86.9 cm³/mol. The fraction of sp³-hybridized carbons (Fsp3) is 0.176. The average Bonchev–Trinajstić information content (AvgIpc) is 2.97. The lowest BCUT2D eigenvalue weighted by Crippen LogP contribution is -2.33. The average molecular weight is 360 g/mol. The number of para-hydroxylation sites is 1. The van der Waals surface area contributed by atoms with E-state index in [0.29, 0.717) is 16.6 Å². The zero-order valence-electron chi connectivity index (χ0n) is 11.8. The number of nitrogens with zero attached hydrogens (tertiary/aromatic N) is 1. The van der Waals surface area contributed by atoms with E-state index >= 15 is 0 Å². The number of carbonyl (C=O) groups is 2. The minimum absolute atomic E-state index is 0.203. The van der Waals surface area contributed by atoms with E-state index in [4.69, 9.17) is 4.74 Å². The van der Waals surface area contributed by atoms with Gasteiger partial charge in [0, 0.05) is 16.7 Å². The van der Waals surface area contributed by atoms with Crippen molar-refractivity contribution in [1.29, 1.82) is 0 Å². The molecule has 0 saturated carbocycles. The highest BCUT2D eigenvalue weighted by atomic mass is 79.9. The molecule has 4 nitrogen and oxygen atoms in total. The summed E-state index contributed by atoms with van der Waals surface area (Å²) in [5.74, 6) is -0.710. The summed E-state index contributed by atoms with van der Waals surface area (Å²) in [5, 5.41) is 0. The lowest BCUT2D eigenvalue weighted by atomic mass is 10.2. The van der Waals surface area contributed by atoms with Crippen LogP contribution in [-0.2, 0) is 16.0 Å². The first-order chi connectivity index (χ1) is 10.7. The van der Waals surface area contributed by atoms with Gasteiger partial charge in [-0.15, -0.1) is 0 Å². The minimum atomic E-state index is -0.506. The van der Waals surface area contributed by atoms with Crippen LogP contribution in [0.2, 0.25) is 0 Å². The van der Waals surface area contributed by atoms with Crippen LogP contribution in [0.5, 0.6) is 0 Å². The van der Waals surface area contributed by atoms with Crippen LogP contribution >= 0.6 is 15.9 Å². The highest BCUT2D eigenvalue weighted by molar-refractivity contribution is 9.10. The van der Waals surface area contributed by atoms with Crippen molar-refractivity contribution in [2.45, 2.75) is 6.42 Å². The number of carbonyl (C=O) groups excluding carboxylic acids is 2. The fourth-order valence-electron chi connectivity index (χ4n) is 2.51. The molecular formula is C17H14BrNO3. The molecule has 0 fully saturated rings. The van der Waals surface area contributed by atoms with Gasteiger partial charge >= 0.3 is 5.97 Å². The van der Waals surface area contributed by atoms with Crippen LogP contribution in [0.4, 0.5) is 5.69 Å². The smallest absolute Gasteiger partial charge is 0.339 e. The Balaban J connectivity index is 1.64. The minimum Gasteiger partial charge on any atom is -0.452 e. The summed E-state index contributed by atoms with van der Waals surface area (Å²) in [7, 11) is 0. The Morgan fingerprint density at radius 3 is 2.64 bits per heavy atom. The summed E-state index contributed by atoms with van der Waals surface area (Å²) in [6.07, 6.45) is 0.833. The van der Waals surface area contributed by atoms with E-state index in [1.54, 1.807) is 23.1 Å². The molecule has 0 aromatic heterocycles. The summed E-state index contributed by atoms with van der Waals surface area (Å²) < 4.78 is 5.79. The Labute approximate surface area is 136 Å². The maximum Gasteiger partial charge on any atom is 0.339 e. The normalized spacial score (nSPS) is 12.9. The van der Waals surface area contributed by atoms with Gasteiger partial charge in [-0.25, -0.2) is 4.79 Å². The van der Waals surface area contributed by atoms with Crippen molar-refractivity contribution < 1.29 is 14.3 Å². The molecule has 0 saturated heterocycles. The molecule has 112 valence electrons. The molecule has 0 bridgehead atoms. The van der Waals surface area contributed by atoms with Gasteiger partial charge in [-0.3, -0.25) is 4.79 Å². The van der Waals surface area contributed by atoms with Crippen LogP contribution < -0.4 is 4.90 Å². The first-order valence-electron chi connectivity index (χ1n) is 6.97. The third kappa shape index (κ3) is 2.90. The van der Waals surface area contributed by atoms with Crippen LogP contribution in [0.25, 0.3) is 0 Å². The van der Waals surface area contributed by atoms with Gasteiger partial charge in [-0.1, -0.05) is 30.3 Å². The van der Waals surface area contributed by atoms with Crippen molar-refractivity contribution in [1.82, 2.24) is 0 Å². The van der Waals surface area contributed by atoms with Gasteiger partial charge in [0.1, 0.15) is 0 Å². The Morgan fingerprint density at radius 2 is 1.82 bits per heavy atom. The molecule has 2 aromatic rings. The molecule has 0 spiro atoms. The Bertz CT molecular complexity index is 729. The number of halogens is 1. The van der Waals surface area contributed by atoms with E-state index in [-0.39, 0.29) is 12.5 Å². The fourth-order valence-corrected chi connectivity index (χ4v) is 2.95. The van der Waals surface area contributed by atoms with Crippen LogP contribution in [-0.4, -0.2) is 25.0 Å². The third-order valence-corrected chi connectivity index (χ3v) is 4.30. The standard InChI is InChI=1S/C17H14BrNO3/c18-14-7-3-2-6-13(14)17(21)22-11-16(20)19-10-9-12-5-1-4-8-15(12)19/h1-8H,9-11H2. The van der Waals surface area contributed by atoms with Gasteiger partial charge in [0.05, 0.1) is 5.56 Å². The lowest BCUT2D eigenvalue weighted by Gasteiger charge is -2.17. The number of anilines is 1. The number of ether oxygens (including phenoxy) is 1. The van der Waals surface area contributed by atoms with Gasteiger partial charge in [0.2, 0.25) is 0 Å². The summed E-state index contributed by atoms with van der Waals surface area (Å²) >= 11 is 3.30. The summed E-state index contributed by atoms with van der Waals surface area (Å²) in [4.78, 5) is 25.9. The SMILES string of the molecule is O=C(OCC(=O)N1CCc2ccccc21)c1ccccc1Br. The molecule has 0 N–H and O–H groups in total. The quantitative estimate of drug-likeness (QED) is 0.790. The molecule has 3 rings (SSSR count). The van der Waals surface area contributed by atoms with Crippen LogP contribution in [0.15, 0.2) is 53.0 Å². The number of fused-ring (bicyclic) bond motifs is 1. The second-order valence-electron chi connectivity index (χ2n) is 4.98. The largest absolute Gasteiger partial charge is 0.452 e. The van der Waals surface area contributed by atoms with Crippen molar-refractivity contribution in [3.8, 4) is 0 Å². The summed E-state index contributed by atoms with van der Waals surface area (Å²) in [6.45, 7) is 0.374. The predicted octanol–water partition coefficient (Wildman–Crippen LogP) is 3.20. The molecule has 1 aliphatic heterocycles. The first kappa shape index (κ1) is 14.8. The van der Waals surface area contributed by atoms with E-state index in [0.717, 1.165) is 17.7 Å². The Morgan fingerprint density at radius 1 is 1.09 bits per heavy atom. The Kier molecular flexibility index (Phi) is 4.24. The number of hydrogen-bond donors (Lipinski definition) is 0. The molecular weight excluding hydrogens is 346 g/mol. The number of amides is 1. The monoisotopic (exact) mass is 359 g/mol. The van der Waals surface area contributed by atoms with Crippen LogP contribution in [0.1, 0.15) is 15.9 Å². The molecule has 0 unspecified atom stereocenters. The van der Waals surface area contributed by atoms with Gasteiger partial charge < -0.3 is 9.64 Å². The molecule has 0 aliphatic carbocycles. The van der Waals surface area contributed by atoms with Gasteiger partial charge in [-0.05, 0) is 46.1 Å². The van der Waals surface area contributed by atoms with Crippen molar-refractivity contribution in [3.05, 3.63) is 64.1 Å². The second-order valence-corrected chi connectivity index (χ2v) is 5.83.